The number of hydrogen-bond donors (Lipinski definition) is 2. The van der Waals surface area contributed by atoms with Gasteiger partial charge in [0, 0.05) is 30.3 Å². The van der Waals surface area contributed by atoms with Crippen LogP contribution in [-0.2, 0) is 9.53 Å². The van der Waals surface area contributed by atoms with Gasteiger partial charge in [-0.25, -0.2) is 0 Å². The van der Waals surface area contributed by atoms with Crippen LogP contribution < -0.4 is 10.6 Å². The number of esters is 1. The molecule has 0 spiro atoms. The van der Waals surface area contributed by atoms with E-state index in [-0.39, 0.29) is 29.3 Å². The third-order valence-corrected chi connectivity index (χ3v) is 4.56. The normalized spacial score (nSPS) is 10.4. The number of carbonyl (C=O) groups is 2. The maximum absolute atomic E-state index is 12.6. The third kappa shape index (κ3) is 5.11. The van der Waals surface area contributed by atoms with Gasteiger partial charge in [0.2, 0.25) is 0 Å². The highest BCUT2D eigenvalue weighted by molar-refractivity contribution is 6.06. The number of nitrogens with one attached hydrogen (secondary N) is 2. The minimum Gasteiger partial charge on any atom is -0.469 e. The molecule has 154 valence electrons. The number of hydrogen-bond acceptors (Lipinski definition) is 6. The summed E-state index contributed by atoms with van der Waals surface area (Å²) < 4.78 is 4.56. The first-order chi connectivity index (χ1) is 14.5. The Morgan fingerprint density at radius 2 is 1.80 bits per heavy atom. The van der Waals surface area contributed by atoms with Crippen molar-refractivity contribution < 1.29 is 19.2 Å². The summed E-state index contributed by atoms with van der Waals surface area (Å²) in [5, 5.41) is 19.2. The van der Waals surface area contributed by atoms with Gasteiger partial charge in [-0.2, -0.15) is 0 Å². The van der Waals surface area contributed by atoms with E-state index >= 15 is 0 Å². The van der Waals surface area contributed by atoms with Gasteiger partial charge >= 0.3 is 5.97 Å². The molecule has 0 saturated heterocycles. The lowest BCUT2D eigenvalue weighted by atomic mass is 10.1. The van der Waals surface area contributed by atoms with E-state index in [4.69, 9.17) is 0 Å². The van der Waals surface area contributed by atoms with Crippen LogP contribution >= 0.6 is 0 Å². The molecule has 0 heterocycles. The van der Waals surface area contributed by atoms with Gasteiger partial charge < -0.3 is 15.4 Å². The molecule has 0 unspecified atom stereocenters. The number of amides is 1. The van der Waals surface area contributed by atoms with Crippen molar-refractivity contribution in [3.05, 3.63) is 76.3 Å². The predicted molar refractivity (Wildman–Crippen MR) is 115 cm³/mol. The third-order valence-electron chi connectivity index (χ3n) is 4.56. The lowest BCUT2D eigenvalue weighted by Crippen LogP contribution is -2.13. The smallest absolute Gasteiger partial charge is 0.305 e. The molecule has 30 heavy (non-hydrogen) atoms. The molecule has 0 fully saturated rings. The lowest BCUT2D eigenvalue weighted by molar-refractivity contribution is -0.384. The van der Waals surface area contributed by atoms with Crippen LogP contribution in [0, 0.1) is 10.1 Å². The lowest BCUT2D eigenvalue weighted by Gasteiger charge is -2.10. The summed E-state index contributed by atoms with van der Waals surface area (Å²) in [7, 11) is 1.31. The quantitative estimate of drug-likeness (QED) is 0.248. The summed E-state index contributed by atoms with van der Waals surface area (Å²) in [4.78, 5) is 34.6. The van der Waals surface area contributed by atoms with E-state index in [0.717, 1.165) is 10.8 Å². The van der Waals surface area contributed by atoms with E-state index < -0.39 is 10.8 Å². The summed E-state index contributed by atoms with van der Waals surface area (Å²) in [6, 6.07) is 17.5. The van der Waals surface area contributed by atoms with Crippen LogP contribution in [0.1, 0.15) is 23.2 Å². The fourth-order valence-corrected chi connectivity index (χ4v) is 3.00. The molecular formula is C22H21N3O5. The van der Waals surface area contributed by atoms with E-state index in [9.17, 15) is 19.7 Å². The molecule has 2 N–H and O–H groups in total. The topological polar surface area (TPSA) is 111 Å². The molecular weight excluding hydrogens is 386 g/mol. The number of methoxy groups -OCH3 is 1. The zero-order chi connectivity index (χ0) is 21.5. The Bertz CT molecular complexity index is 1100. The molecule has 0 aromatic heterocycles. The van der Waals surface area contributed by atoms with Crippen LogP contribution in [0.15, 0.2) is 60.7 Å². The van der Waals surface area contributed by atoms with Gasteiger partial charge in [-0.3, -0.25) is 19.7 Å². The van der Waals surface area contributed by atoms with Crippen molar-refractivity contribution in [3.8, 4) is 0 Å². The largest absolute Gasteiger partial charge is 0.469 e. The molecule has 3 aromatic carbocycles. The van der Waals surface area contributed by atoms with Crippen molar-refractivity contribution in [1.29, 1.82) is 0 Å². The Balaban J connectivity index is 1.71. The Labute approximate surface area is 173 Å². The molecule has 0 bridgehead atoms. The molecule has 1 amide bonds. The summed E-state index contributed by atoms with van der Waals surface area (Å²) in [5.74, 6) is -0.780. The minimum absolute atomic E-state index is 0.176. The van der Waals surface area contributed by atoms with Gasteiger partial charge in [0.05, 0.1) is 12.0 Å². The Morgan fingerprint density at radius 1 is 1.03 bits per heavy atom. The SMILES string of the molecule is COC(=O)CCCNc1ccc(C(=O)Nc2ccc3ccccc3c2)cc1[N+](=O)[O-]. The highest BCUT2D eigenvalue weighted by Crippen LogP contribution is 2.26. The number of benzene rings is 3. The summed E-state index contributed by atoms with van der Waals surface area (Å²) >= 11 is 0. The number of nitrogens with zero attached hydrogens (tertiary/aromatic N) is 1. The van der Waals surface area contributed by atoms with E-state index in [0.29, 0.717) is 18.7 Å². The monoisotopic (exact) mass is 407 g/mol. The average Bonchev–Trinajstić information content (AvgIpc) is 2.76. The molecule has 0 aliphatic carbocycles. The van der Waals surface area contributed by atoms with Crippen LogP contribution in [0.4, 0.5) is 17.1 Å². The Kier molecular flexibility index (Phi) is 6.59. The molecule has 8 nitrogen and oxygen atoms in total. The second-order valence-electron chi connectivity index (χ2n) is 6.61. The number of nitro groups is 1. The van der Waals surface area contributed by atoms with Crippen molar-refractivity contribution >= 4 is 39.7 Å². The second-order valence-corrected chi connectivity index (χ2v) is 6.61. The zero-order valence-corrected chi connectivity index (χ0v) is 16.4. The van der Waals surface area contributed by atoms with E-state index in [1.807, 2.05) is 36.4 Å². The van der Waals surface area contributed by atoms with Crippen molar-refractivity contribution in [2.45, 2.75) is 12.8 Å². The highest BCUT2D eigenvalue weighted by Gasteiger charge is 2.18. The predicted octanol–water partition coefficient (Wildman–Crippen LogP) is 4.37. The van der Waals surface area contributed by atoms with Gasteiger partial charge in [-0.1, -0.05) is 30.3 Å². The summed E-state index contributed by atoms with van der Waals surface area (Å²) in [6.07, 6.45) is 0.678. The van der Waals surface area contributed by atoms with E-state index in [1.165, 1.54) is 25.3 Å². The average molecular weight is 407 g/mol. The number of rotatable bonds is 8. The van der Waals surface area contributed by atoms with Crippen molar-refractivity contribution in [2.75, 3.05) is 24.3 Å². The van der Waals surface area contributed by atoms with Crippen LogP contribution in [0.3, 0.4) is 0 Å². The number of ether oxygens (including phenoxy) is 1. The molecule has 0 aliphatic heterocycles. The van der Waals surface area contributed by atoms with Crippen LogP contribution in [0.25, 0.3) is 10.8 Å². The van der Waals surface area contributed by atoms with E-state index in [1.54, 1.807) is 6.07 Å². The number of nitro benzene ring substituents is 1. The standard InChI is InChI=1S/C22H21N3O5/c1-30-21(26)7-4-12-23-19-11-9-17(14-20(19)25(28)29)22(27)24-18-10-8-15-5-2-3-6-16(15)13-18/h2-3,5-6,8-11,13-14,23H,4,7,12H2,1H3,(H,24,27). The Morgan fingerprint density at radius 3 is 2.53 bits per heavy atom. The highest BCUT2D eigenvalue weighted by atomic mass is 16.6. The van der Waals surface area contributed by atoms with Gasteiger partial charge in [0.25, 0.3) is 11.6 Å². The molecule has 3 rings (SSSR count). The van der Waals surface area contributed by atoms with Crippen molar-refractivity contribution in [3.63, 3.8) is 0 Å². The fraction of sp³-hybridized carbons (Fsp3) is 0.182. The molecule has 0 radical (unpaired) electrons. The number of anilines is 2. The fourth-order valence-electron chi connectivity index (χ4n) is 3.00. The molecule has 0 atom stereocenters. The van der Waals surface area contributed by atoms with Crippen LogP contribution in [-0.4, -0.2) is 30.5 Å². The van der Waals surface area contributed by atoms with Crippen molar-refractivity contribution in [2.24, 2.45) is 0 Å². The first-order valence-corrected chi connectivity index (χ1v) is 9.37. The first kappa shape index (κ1) is 20.8. The molecule has 0 aliphatic rings. The summed E-state index contributed by atoms with van der Waals surface area (Å²) in [6.45, 7) is 0.360. The van der Waals surface area contributed by atoms with Gasteiger partial charge in [-0.15, -0.1) is 0 Å². The molecule has 3 aromatic rings. The van der Waals surface area contributed by atoms with Gasteiger partial charge in [0.1, 0.15) is 5.69 Å². The van der Waals surface area contributed by atoms with Crippen LogP contribution in [0.5, 0.6) is 0 Å². The first-order valence-electron chi connectivity index (χ1n) is 9.37. The second kappa shape index (κ2) is 9.51. The maximum Gasteiger partial charge on any atom is 0.305 e. The Hall–Kier alpha value is -3.94. The van der Waals surface area contributed by atoms with E-state index in [2.05, 4.69) is 15.4 Å². The summed E-state index contributed by atoms with van der Waals surface area (Å²) in [5.41, 5.74) is 0.854. The van der Waals surface area contributed by atoms with Crippen molar-refractivity contribution in [1.82, 2.24) is 0 Å². The zero-order valence-electron chi connectivity index (χ0n) is 16.4. The minimum atomic E-state index is -0.546. The molecule has 0 saturated carbocycles. The van der Waals surface area contributed by atoms with Gasteiger partial charge in [-0.05, 0) is 41.5 Å². The molecule has 8 heteroatoms. The van der Waals surface area contributed by atoms with Gasteiger partial charge in [0.15, 0.2) is 0 Å². The number of fused-ring (bicyclic) bond motifs is 1. The number of carbonyl (C=O) groups excluding carboxylic acids is 2. The maximum atomic E-state index is 12.6. The van der Waals surface area contributed by atoms with Crippen LogP contribution in [0.2, 0.25) is 0 Å².